The number of nitrogens with two attached hydrogens (primary N) is 1. The van der Waals surface area contributed by atoms with Gasteiger partial charge in [0.25, 0.3) is 0 Å². The number of hydrogen-bond acceptors (Lipinski definition) is 3. The predicted molar refractivity (Wildman–Crippen MR) is 55.9 cm³/mol. The standard InChI is InChI=1S/C9H15BrN2O/c1-6(2)5-7(12-11)8-3-4-9(10)13-8/h3-4,6-7,12H,5,11H2,1-2H3. The van der Waals surface area contributed by atoms with Crippen molar-refractivity contribution in [3.8, 4) is 0 Å². The van der Waals surface area contributed by atoms with Crippen molar-refractivity contribution in [3.63, 3.8) is 0 Å². The van der Waals surface area contributed by atoms with Gasteiger partial charge in [0.2, 0.25) is 0 Å². The quantitative estimate of drug-likeness (QED) is 0.635. The Morgan fingerprint density at radius 2 is 2.23 bits per heavy atom. The van der Waals surface area contributed by atoms with Crippen LogP contribution in [0.1, 0.15) is 32.1 Å². The maximum atomic E-state index is 5.44. The van der Waals surface area contributed by atoms with Gasteiger partial charge in [0, 0.05) is 0 Å². The lowest BCUT2D eigenvalue weighted by molar-refractivity contribution is 0.359. The molecule has 4 heteroatoms. The minimum Gasteiger partial charge on any atom is -0.453 e. The summed E-state index contributed by atoms with van der Waals surface area (Å²) in [4.78, 5) is 0. The molecule has 1 aromatic rings. The third kappa shape index (κ3) is 3.14. The Morgan fingerprint density at radius 3 is 2.62 bits per heavy atom. The zero-order chi connectivity index (χ0) is 9.84. The molecule has 0 aliphatic carbocycles. The van der Waals surface area contributed by atoms with Crippen molar-refractivity contribution in [2.75, 3.05) is 0 Å². The van der Waals surface area contributed by atoms with Gasteiger partial charge in [-0.1, -0.05) is 13.8 Å². The molecule has 1 unspecified atom stereocenters. The number of hydrazine groups is 1. The first-order valence-electron chi connectivity index (χ1n) is 4.35. The number of halogens is 1. The van der Waals surface area contributed by atoms with Gasteiger partial charge in [0.15, 0.2) is 4.67 Å². The Kier molecular flexibility index (Phi) is 3.96. The van der Waals surface area contributed by atoms with E-state index in [2.05, 4.69) is 35.2 Å². The maximum absolute atomic E-state index is 5.44. The van der Waals surface area contributed by atoms with E-state index >= 15 is 0 Å². The smallest absolute Gasteiger partial charge is 0.169 e. The average Bonchev–Trinajstić information content (AvgIpc) is 2.47. The monoisotopic (exact) mass is 246 g/mol. The molecule has 3 nitrogen and oxygen atoms in total. The number of furan rings is 1. The SMILES string of the molecule is CC(C)CC(NN)c1ccc(Br)o1. The normalized spacial score (nSPS) is 13.6. The highest BCUT2D eigenvalue weighted by atomic mass is 79.9. The molecule has 0 amide bonds. The number of nitrogens with one attached hydrogen (secondary N) is 1. The summed E-state index contributed by atoms with van der Waals surface area (Å²) < 4.78 is 6.15. The van der Waals surface area contributed by atoms with Gasteiger partial charge < -0.3 is 4.42 Å². The highest BCUT2D eigenvalue weighted by Crippen LogP contribution is 2.24. The van der Waals surface area contributed by atoms with Gasteiger partial charge >= 0.3 is 0 Å². The maximum Gasteiger partial charge on any atom is 0.169 e. The molecule has 1 aromatic heterocycles. The van der Waals surface area contributed by atoms with Gasteiger partial charge in [-0.25, -0.2) is 5.43 Å². The molecule has 0 bridgehead atoms. The minimum atomic E-state index is 0.103. The van der Waals surface area contributed by atoms with Crippen LogP contribution in [-0.4, -0.2) is 0 Å². The van der Waals surface area contributed by atoms with Crippen molar-refractivity contribution >= 4 is 15.9 Å². The van der Waals surface area contributed by atoms with Gasteiger partial charge in [0.05, 0.1) is 6.04 Å². The molecule has 3 N–H and O–H groups in total. The summed E-state index contributed by atoms with van der Waals surface area (Å²) in [7, 11) is 0. The Hall–Kier alpha value is -0.320. The largest absolute Gasteiger partial charge is 0.453 e. The van der Waals surface area contributed by atoms with E-state index in [0.717, 1.165) is 16.9 Å². The van der Waals surface area contributed by atoms with E-state index in [0.29, 0.717) is 5.92 Å². The average molecular weight is 247 g/mol. The van der Waals surface area contributed by atoms with E-state index in [1.807, 2.05) is 12.1 Å². The molecule has 0 aliphatic heterocycles. The molecule has 1 rings (SSSR count). The second-order valence-electron chi connectivity index (χ2n) is 3.49. The van der Waals surface area contributed by atoms with Gasteiger partial charge in [-0.15, -0.1) is 0 Å². The third-order valence-electron chi connectivity index (χ3n) is 1.85. The van der Waals surface area contributed by atoms with Crippen LogP contribution in [0.5, 0.6) is 0 Å². The lowest BCUT2D eigenvalue weighted by Gasteiger charge is -2.15. The summed E-state index contributed by atoms with van der Waals surface area (Å²) >= 11 is 3.26. The summed E-state index contributed by atoms with van der Waals surface area (Å²) in [5, 5.41) is 0. The first-order chi connectivity index (χ1) is 6.13. The Balaban J connectivity index is 2.66. The van der Waals surface area contributed by atoms with Gasteiger partial charge in [-0.3, -0.25) is 5.84 Å². The molecule has 0 spiro atoms. The summed E-state index contributed by atoms with van der Waals surface area (Å²) in [6, 6.07) is 3.91. The van der Waals surface area contributed by atoms with Gasteiger partial charge in [-0.2, -0.15) is 0 Å². The molecule has 0 aromatic carbocycles. The van der Waals surface area contributed by atoms with Crippen LogP contribution in [-0.2, 0) is 0 Å². The Bertz CT molecular complexity index is 260. The van der Waals surface area contributed by atoms with Crippen molar-refractivity contribution in [1.82, 2.24) is 5.43 Å². The van der Waals surface area contributed by atoms with Crippen LogP contribution in [0.25, 0.3) is 0 Å². The fourth-order valence-electron chi connectivity index (χ4n) is 1.25. The van der Waals surface area contributed by atoms with Crippen molar-refractivity contribution in [2.24, 2.45) is 11.8 Å². The summed E-state index contributed by atoms with van der Waals surface area (Å²) in [5.74, 6) is 6.90. The van der Waals surface area contributed by atoms with E-state index in [1.54, 1.807) is 0 Å². The Labute approximate surface area is 86.8 Å². The first kappa shape index (κ1) is 10.8. The predicted octanol–water partition coefficient (Wildman–Crippen LogP) is 2.59. The van der Waals surface area contributed by atoms with Crippen molar-refractivity contribution in [1.29, 1.82) is 0 Å². The van der Waals surface area contributed by atoms with E-state index in [9.17, 15) is 0 Å². The molecule has 1 heterocycles. The topological polar surface area (TPSA) is 51.2 Å². The minimum absolute atomic E-state index is 0.103. The molecule has 0 aliphatic rings. The lowest BCUT2D eigenvalue weighted by atomic mass is 10.0. The molecular weight excluding hydrogens is 232 g/mol. The molecule has 13 heavy (non-hydrogen) atoms. The number of hydrogen-bond donors (Lipinski definition) is 2. The van der Waals surface area contributed by atoms with Crippen molar-refractivity contribution < 1.29 is 4.42 Å². The van der Waals surface area contributed by atoms with Crippen LogP contribution in [0.2, 0.25) is 0 Å². The molecule has 0 fully saturated rings. The fourth-order valence-corrected chi connectivity index (χ4v) is 1.57. The second-order valence-corrected chi connectivity index (χ2v) is 4.27. The zero-order valence-electron chi connectivity index (χ0n) is 7.88. The summed E-state index contributed by atoms with van der Waals surface area (Å²) in [5.41, 5.74) is 2.75. The number of rotatable bonds is 4. The van der Waals surface area contributed by atoms with E-state index in [1.165, 1.54) is 0 Å². The van der Waals surface area contributed by atoms with Crippen molar-refractivity contribution in [3.05, 3.63) is 22.6 Å². The molecule has 0 saturated heterocycles. The molecule has 1 atom stereocenters. The van der Waals surface area contributed by atoms with Crippen LogP contribution < -0.4 is 11.3 Å². The van der Waals surface area contributed by atoms with Crippen LogP contribution in [0, 0.1) is 5.92 Å². The first-order valence-corrected chi connectivity index (χ1v) is 5.14. The highest BCUT2D eigenvalue weighted by Gasteiger charge is 2.14. The van der Waals surface area contributed by atoms with E-state index < -0.39 is 0 Å². The van der Waals surface area contributed by atoms with E-state index in [-0.39, 0.29) is 6.04 Å². The van der Waals surface area contributed by atoms with Gasteiger partial charge in [-0.05, 0) is 40.4 Å². The van der Waals surface area contributed by atoms with Crippen LogP contribution >= 0.6 is 15.9 Å². The van der Waals surface area contributed by atoms with Crippen LogP contribution in [0.3, 0.4) is 0 Å². The summed E-state index contributed by atoms with van der Waals surface area (Å²) in [6.45, 7) is 4.31. The fraction of sp³-hybridized carbons (Fsp3) is 0.556. The Morgan fingerprint density at radius 1 is 1.54 bits per heavy atom. The second kappa shape index (κ2) is 4.79. The van der Waals surface area contributed by atoms with Crippen LogP contribution in [0.15, 0.2) is 21.2 Å². The van der Waals surface area contributed by atoms with Crippen LogP contribution in [0.4, 0.5) is 0 Å². The third-order valence-corrected chi connectivity index (χ3v) is 2.27. The highest BCUT2D eigenvalue weighted by molar-refractivity contribution is 9.10. The molecule has 74 valence electrons. The van der Waals surface area contributed by atoms with Crippen molar-refractivity contribution in [2.45, 2.75) is 26.3 Å². The lowest BCUT2D eigenvalue weighted by Crippen LogP contribution is -2.28. The molecule has 0 saturated carbocycles. The molecular formula is C9H15BrN2O. The summed E-state index contributed by atoms with van der Waals surface area (Å²) in [6.07, 6.45) is 0.969. The zero-order valence-corrected chi connectivity index (χ0v) is 9.47. The molecule has 0 radical (unpaired) electrons. The van der Waals surface area contributed by atoms with Gasteiger partial charge in [0.1, 0.15) is 5.76 Å². The van der Waals surface area contributed by atoms with E-state index in [4.69, 9.17) is 10.3 Å².